The fourth-order valence-corrected chi connectivity index (χ4v) is 6.25. The van der Waals surface area contributed by atoms with Crippen LogP contribution in [0.1, 0.15) is 68.0 Å². The molecule has 0 saturated carbocycles. The monoisotopic (exact) mass is 704 g/mol. The summed E-state index contributed by atoms with van der Waals surface area (Å²) >= 11 is 0. The second kappa shape index (κ2) is 15.6. The van der Waals surface area contributed by atoms with Gasteiger partial charge in [0.15, 0.2) is 0 Å². The molecular weight excluding hydrogens is 663 g/mol. The Hall–Kier alpha value is -5.08. The predicted molar refractivity (Wildman–Crippen MR) is 187 cm³/mol. The molecule has 1 saturated heterocycles. The Kier molecular flexibility index (Phi) is 11.3. The van der Waals surface area contributed by atoms with E-state index in [1.54, 1.807) is 30.2 Å². The van der Waals surface area contributed by atoms with Crippen LogP contribution in [-0.4, -0.2) is 84.5 Å². The summed E-state index contributed by atoms with van der Waals surface area (Å²) in [5.74, 6) is -1.78. The lowest BCUT2D eigenvalue weighted by Gasteiger charge is -2.25. The number of hydrogen-bond donors (Lipinski definition) is 3. The van der Waals surface area contributed by atoms with E-state index in [9.17, 15) is 32.3 Å². The highest BCUT2D eigenvalue weighted by Crippen LogP contribution is 2.23. The normalized spacial score (nSPS) is 14.9. The third-order valence-corrected chi connectivity index (χ3v) is 9.95. The second-order valence-electron chi connectivity index (χ2n) is 12.5. The molecule has 5 rings (SSSR count). The van der Waals surface area contributed by atoms with Crippen LogP contribution in [0, 0.1) is 5.82 Å². The lowest BCUT2D eigenvalue weighted by atomic mass is 10.00. The number of anilines is 1. The van der Waals surface area contributed by atoms with E-state index in [-0.39, 0.29) is 35.7 Å². The van der Waals surface area contributed by atoms with Gasteiger partial charge in [0.2, 0.25) is 10.0 Å². The quantitative estimate of drug-likeness (QED) is 0.192. The van der Waals surface area contributed by atoms with Gasteiger partial charge in [-0.15, -0.1) is 0 Å². The highest BCUT2D eigenvalue weighted by atomic mass is 32.2. The second-order valence-corrected chi connectivity index (χ2v) is 14.5. The number of benzene rings is 3. The van der Waals surface area contributed by atoms with Crippen molar-refractivity contribution in [2.75, 3.05) is 30.7 Å². The van der Waals surface area contributed by atoms with Gasteiger partial charge < -0.3 is 20.6 Å². The van der Waals surface area contributed by atoms with Crippen molar-refractivity contribution in [1.29, 1.82) is 0 Å². The van der Waals surface area contributed by atoms with Gasteiger partial charge in [0.05, 0.1) is 48.4 Å². The maximum absolute atomic E-state index is 13.9. The van der Waals surface area contributed by atoms with Crippen molar-refractivity contribution in [3.05, 3.63) is 119 Å². The molecule has 14 heteroatoms. The van der Waals surface area contributed by atoms with Crippen molar-refractivity contribution in [2.45, 2.75) is 50.9 Å². The number of halogens is 1. The van der Waals surface area contributed by atoms with Crippen molar-refractivity contribution < 1.29 is 32.3 Å². The van der Waals surface area contributed by atoms with Gasteiger partial charge in [0, 0.05) is 37.5 Å². The molecule has 0 spiro atoms. The first kappa shape index (κ1) is 36.2. The lowest BCUT2D eigenvalue weighted by molar-refractivity contribution is 0.0780. The number of sulfonamides is 1. The molecule has 2 heterocycles. The number of nitrogens with one attached hydrogen (secondary N) is 2. The Morgan fingerprint density at radius 2 is 1.56 bits per heavy atom. The average Bonchev–Trinajstić information content (AvgIpc) is 3.81. The number of carbonyl (C=O) groups is 3. The highest BCUT2D eigenvalue weighted by Gasteiger charge is 2.27. The summed E-state index contributed by atoms with van der Waals surface area (Å²) in [6.07, 6.45) is 5.03. The molecule has 50 heavy (non-hydrogen) atoms. The van der Waals surface area contributed by atoms with Gasteiger partial charge in [-0.1, -0.05) is 42.5 Å². The maximum Gasteiger partial charge on any atom is 0.257 e. The summed E-state index contributed by atoms with van der Waals surface area (Å²) in [6.45, 7) is 3.06. The Morgan fingerprint density at radius 3 is 2.18 bits per heavy atom. The topological polar surface area (TPSA) is 154 Å². The molecule has 1 aromatic heterocycles. The highest BCUT2D eigenvalue weighted by molar-refractivity contribution is 7.92. The van der Waals surface area contributed by atoms with E-state index in [0.29, 0.717) is 24.2 Å². The molecule has 1 aliphatic rings. The van der Waals surface area contributed by atoms with Crippen molar-refractivity contribution >= 4 is 33.4 Å². The molecule has 264 valence electrons. The fraction of sp³-hybridized carbons (Fsp3) is 0.333. The van der Waals surface area contributed by atoms with Gasteiger partial charge in [-0.2, -0.15) is 5.10 Å². The van der Waals surface area contributed by atoms with Gasteiger partial charge in [-0.3, -0.25) is 23.4 Å². The number of aromatic nitrogens is 2. The van der Waals surface area contributed by atoms with E-state index in [1.807, 2.05) is 30.3 Å². The van der Waals surface area contributed by atoms with Gasteiger partial charge >= 0.3 is 0 Å². The third kappa shape index (κ3) is 9.12. The van der Waals surface area contributed by atoms with Crippen LogP contribution in [0.4, 0.5) is 10.1 Å². The number of rotatable bonds is 13. The summed E-state index contributed by atoms with van der Waals surface area (Å²) in [6, 6.07) is 17.6. The minimum absolute atomic E-state index is 0.0135. The average molecular weight is 705 g/mol. The lowest BCUT2D eigenvalue weighted by Crippen LogP contribution is -2.46. The molecule has 4 aromatic rings. The van der Waals surface area contributed by atoms with E-state index in [2.05, 4.69) is 15.7 Å². The van der Waals surface area contributed by atoms with Crippen molar-refractivity contribution in [2.24, 2.45) is 0 Å². The molecule has 1 fully saturated rings. The summed E-state index contributed by atoms with van der Waals surface area (Å²) in [5.41, 5.74) is 1.97. The minimum atomic E-state index is -3.77. The first-order valence-electron chi connectivity index (χ1n) is 16.3. The molecule has 3 atom stereocenters. The Morgan fingerprint density at radius 1 is 0.940 bits per heavy atom. The van der Waals surface area contributed by atoms with E-state index in [4.69, 9.17) is 0 Å². The smallest absolute Gasteiger partial charge is 0.257 e. The van der Waals surface area contributed by atoms with Gasteiger partial charge in [0.25, 0.3) is 17.7 Å². The number of aliphatic hydroxyl groups excluding tert-OH is 1. The van der Waals surface area contributed by atoms with E-state index in [0.717, 1.165) is 29.0 Å². The molecule has 3 amide bonds. The molecule has 0 radical (unpaired) electrons. The number of hydrogen-bond acceptors (Lipinski definition) is 7. The van der Waals surface area contributed by atoms with Crippen LogP contribution in [0.15, 0.2) is 85.2 Å². The summed E-state index contributed by atoms with van der Waals surface area (Å²) in [5, 5.41) is 21.4. The molecule has 1 aliphatic heterocycles. The molecule has 12 nitrogen and oxygen atoms in total. The van der Waals surface area contributed by atoms with E-state index in [1.165, 1.54) is 48.3 Å². The molecule has 0 aliphatic carbocycles. The van der Waals surface area contributed by atoms with Crippen LogP contribution in [0.25, 0.3) is 0 Å². The largest absolute Gasteiger partial charge is 0.389 e. The first-order valence-corrected chi connectivity index (χ1v) is 18.1. The Labute approximate surface area is 291 Å². The molecule has 3 aromatic carbocycles. The van der Waals surface area contributed by atoms with E-state index >= 15 is 0 Å². The molecular formula is C36H41FN6O6S. The predicted octanol–water partition coefficient (Wildman–Crippen LogP) is 3.55. The van der Waals surface area contributed by atoms with Crippen molar-refractivity contribution in [3.8, 4) is 0 Å². The maximum atomic E-state index is 13.9. The summed E-state index contributed by atoms with van der Waals surface area (Å²) < 4.78 is 40.8. The Bertz CT molecular complexity index is 1930. The third-order valence-electron chi connectivity index (χ3n) is 8.75. The zero-order valence-electron chi connectivity index (χ0n) is 28.1. The van der Waals surface area contributed by atoms with Crippen LogP contribution in [-0.2, 0) is 23.0 Å². The van der Waals surface area contributed by atoms with Crippen LogP contribution in [0.5, 0.6) is 0 Å². The molecule has 3 N–H and O–H groups in total. The number of carbonyl (C=O) groups excluding carboxylic acids is 3. The fourth-order valence-electron chi connectivity index (χ4n) is 5.76. The van der Waals surface area contributed by atoms with Gasteiger partial charge in [-0.25, -0.2) is 12.8 Å². The standard InChI is InChI=1S/C36H41FN6O6S/c1-24(26-11-13-30(37)14-12-26)39-34(45)27-18-28(20-31(19-27)41(2)50(3,48)49)35(46)40-32(17-25-9-5-4-6-10-25)33(44)23-43-22-29(21-38-43)36(47)42-15-7-8-16-42/h4-6,9-14,18-22,24,32-33,44H,7-8,15-17,23H2,1-3H3,(H,39,45)(H,40,46)/t24-,32+,33+/m1/s1. The van der Waals surface area contributed by atoms with Crippen LogP contribution in [0.2, 0.25) is 0 Å². The SMILES string of the molecule is C[C@@H](NC(=O)c1cc(C(=O)N[C@@H](Cc2ccccc2)[C@@H](O)Cn2cc(C(=O)N3CCCC3)cn2)cc(N(C)S(C)(=O)=O)c1)c1ccc(F)cc1. The number of likely N-dealkylation sites (tertiary alicyclic amines) is 1. The molecule has 0 unspecified atom stereocenters. The molecule has 0 bridgehead atoms. The summed E-state index contributed by atoms with van der Waals surface area (Å²) in [4.78, 5) is 41.9. The zero-order chi connectivity index (χ0) is 36.0. The van der Waals surface area contributed by atoms with E-state index < -0.39 is 45.8 Å². The van der Waals surface area contributed by atoms with Crippen molar-refractivity contribution in [3.63, 3.8) is 0 Å². The minimum Gasteiger partial charge on any atom is -0.389 e. The Balaban J connectivity index is 1.40. The number of nitrogens with zero attached hydrogens (tertiary/aromatic N) is 4. The summed E-state index contributed by atoms with van der Waals surface area (Å²) in [7, 11) is -2.47. The van der Waals surface area contributed by atoms with Crippen LogP contribution < -0.4 is 14.9 Å². The van der Waals surface area contributed by atoms with Crippen LogP contribution >= 0.6 is 0 Å². The zero-order valence-corrected chi connectivity index (χ0v) is 28.9. The van der Waals surface area contributed by atoms with Gasteiger partial charge in [-0.05, 0) is 67.6 Å². The first-order chi connectivity index (χ1) is 23.8. The van der Waals surface area contributed by atoms with Crippen LogP contribution in [0.3, 0.4) is 0 Å². The number of amides is 3. The number of aliphatic hydroxyl groups is 1. The van der Waals surface area contributed by atoms with Gasteiger partial charge in [0.1, 0.15) is 5.82 Å². The van der Waals surface area contributed by atoms with Crippen molar-refractivity contribution in [1.82, 2.24) is 25.3 Å².